The van der Waals surface area contributed by atoms with Gasteiger partial charge in [0, 0.05) is 12.7 Å². The van der Waals surface area contributed by atoms with Crippen LogP contribution in [0.1, 0.15) is 41.9 Å². The number of hydrogen-bond acceptors (Lipinski definition) is 7. The van der Waals surface area contributed by atoms with E-state index in [0.29, 0.717) is 12.2 Å². The molecule has 0 unspecified atom stereocenters. The van der Waals surface area contributed by atoms with Crippen molar-refractivity contribution in [1.82, 2.24) is 20.3 Å². The maximum Gasteiger partial charge on any atom is 0.270 e. The summed E-state index contributed by atoms with van der Waals surface area (Å²) in [6.07, 6.45) is 3.68. The van der Waals surface area contributed by atoms with Crippen LogP contribution in [0.4, 0.5) is 5.95 Å². The van der Waals surface area contributed by atoms with Gasteiger partial charge in [0.25, 0.3) is 5.91 Å². The van der Waals surface area contributed by atoms with Crippen molar-refractivity contribution in [2.24, 2.45) is 5.84 Å². The number of hydrogen-bond donors (Lipinski definition) is 3. The fourth-order valence-electron chi connectivity index (χ4n) is 2.66. The van der Waals surface area contributed by atoms with Gasteiger partial charge in [-0.1, -0.05) is 19.9 Å². The van der Waals surface area contributed by atoms with E-state index >= 15 is 0 Å². The summed E-state index contributed by atoms with van der Waals surface area (Å²) in [5.41, 5.74) is 10.0. The van der Waals surface area contributed by atoms with Crippen LogP contribution in [0.2, 0.25) is 0 Å². The molecule has 2 aromatic rings. The largest absolute Gasteiger partial charge is 0.368 e. The third-order valence-corrected chi connectivity index (χ3v) is 5.15. The lowest BCUT2D eigenvalue weighted by Crippen LogP contribution is -2.35. The molecule has 0 spiro atoms. The van der Waals surface area contributed by atoms with E-state index in [2.05, 4.69) is 34.5 Å². The minimum atomic E-state index is -0.310. The maximum atomic E-state index is 12.5. The number of carbonyl (C=O) groups excluding carboxylic acids is 1. The van der Waals surface area contributed by atoms with E-state index in [9.17, 15) is 4.79 Å². The molecule has 0 saturated carbocycles. The van der Waals surface area contributed by atoms with E-state index in [-0.39, 0.29) is 17.5 Å². The number of carbonyl (C=O) groups is 1. The van der Waals surface area contributed by atoms with E-state index in [1.807, 2.05) is 13.0 Å². The molecule has 8 heteroatoms. The van der Waals surface area contributed by atoms with Gasteiger partial charge in [-0.2, -0.15) is 0 Å². The minimum absolute atomic E-state index is 0.0843. The van der Waals surface area contributed by atoms with Crippen LogP contribution in [-0.2, 0) is 6.42 Å². The van der Waals surface area contributed by atoms with Crippen molar-refractivity contribution in [3.8, 4) is 10.6 Å². The molecule has 26 heavy (non-hydrogen) atoms. The van der Waals surface area contributed by atoms with Crippen molar-refractivity contribution in [3.63, 3.8) is 0 Å². The van der Waals surface area contributed by atoms with Crippen molar-refractivity contribution in [2.45, 2.75) is 33.6 Å². The van der Waals surface area contributed by atoms with Crippen LogP contribution in [0.25, 0.3) is 10.6 Å². The van der Waals surface area contributed by atoms with Crippen LogP contribution in [-0.4, -0.2) is 34.5 Å². The molecule has 2 aromatic heterocycles. The Balaban J connectivity index is 2.26. The Morgan fingerprint density at radius 1 is 1.38 bits per heavy atom. The lowest BCUT2D eigenvalue weighted by Gasteiger charge is -2.17. The van der Waals surface area contributed by atoms with Gasteiger partial charge >= 0.3 is 0 Å². The Hall–Kier alpha value is -2.45. The average molecular weight is 375 g/mol. The predicted octanol–water partition coefficient (Wildman–Crippen LogP) is 2.49. The second kappa shape index (κ2) is 8.77. The van der Waals surface area contributed by atoms with Crippen molar-refractivity contribution in [3.05, 3.63) is 40.0 Å². The number of nitrogens with two attached hydrogens (primary N) is 2. The second-order valence-corrected chi connectivity index (χ2v) is 6.85. The van der Waals surface area contributed by atoms with Gasteiger partial charge in [0.1, 0.15) is 5.69 Å². The average Bonchev–Trinajstić information content (AvgIpc) is 2.98. The molecule has 0 fully saturated rings. The summed E-state index contributed by atoms with van der Waals surface area (Å²) in [6, 6.07) is 1.69. The molecule has 1 amide bonds. The first-order chi connectivity index (χ1) is 12.4. The number of aryl methyl sites for hydroxylation is 1. The number of thiophene rings is 1. The molecule has 0 aromatic carbocycles. The smallest absolute Gasteiger partial charge is 0.270 e. The van der Waals surface area contributed by atoms with E-state index in [1.165, 1.54) is 16.1 Å². The molecule has 2 rings (SSSR count). The summed E-state index contributed by atoms with van der Waals surface area (Å²) in [6.45, 7) is 6.50. The number of allylic oxidation sites excluding steroid dienone is 1. The molecule has 0 aliphatic heterocycles. The van der Waals surface area contributed by atoms with Gasteiger partial charge in [0.15, 0.2) is 0 Å². The van der Waals surface area contributed by atoms with Crippen LogP contribution in [0, 0.1) is 6.92 Å². The normalized spacial score (nSPS) is 11.5. The van der Waals surface area contributed by atoms with Gasteiger partial charge in [-0.05, 0) is 42.3 Å². The highest BCUT2D eigenvalue weighted by Gasteiger charge is 2.16. The van der Waals surface area contributed by atoms with Crippen molar-refractivity contribution >= 4 is 23.2 Å². The Kier molecular flexibility index (Phi) is 6.70. The molecule has 7 nitrogen and oxygen atoms in total. The van der Waals surface area contributed by atoms with Gasteiger partial charge in [0.2, 0.25) is 5.95 Å². The number of hydrazine groups is 1. The molecule has 0 aliphatic carbocycles. The van der Waals surface area contributed by atoms with Gasteiger partial charge in [-0.15, -0.1) is 11.3 Å². The summed E-state index contributed by atoms with van der Waals surface area (Å²) >= 11 is 1.60. The molecule has 0 saturated heterocycles. The van der Waals surface area contributed by atoms with Crippen LogP contribution < -0.4 is 16.9 Å². The zero-order valence-electron chi connectivity index (χ0n) is 15.7. The summed E-state index contributed by atoms with van der Waals surface area (Å²) < 4.78 is 0. The molecular formula is C18H26N6OS. The van der Waals surface area contributed by atoms with E-state index < -0.39 is 0 Å². The van der Waals surface area contributed by atoms with Crippen molar-refractivity contribution < 1.29 is 4.79 Å². The first kappa shape index (κ1) is 19.9. The van der Waals surface area contributed by atoms with Crippen LogP contribution >= 0.6 is 11.3 Å². The quantitative estimate of drug-likeness (QED) is 0.507. The van der Waals surface area contributed by atoms with E-state index in [0.717, 1.165) is 23.4 Å². The number of rotatable bonds is 7. The summed E-state index contributed by atoms with van der Waals surface area (Å²) in [5.74, 6) is 5.55. The highest BCUT2D eigenvalue weighted by Crippen LogP contribution is 2.32. The van der Waals surface area contributed by atoms with Gasteiger partial charge in [-0.25, -0.2) is 15.8 Å². The number of nitrogen functional groups attached to an aromatic ring is 1. The fourth-order valence-corrected chi connectivity index (χ4v) is 3.77. The Morgan fingerprint density at radius 2 is 2.12 bits per heavy atom. The van der Waals surface area contributed by atoms with Crippen molar-refractivity contribution in [2.75, 3.05) is 19.3 Å². The molecule has 0 aliphatic rings. The van der Waals surface area contributed by atoms with Gasteiger partial charge in [-0.3, -0.25) is 4.79 Å². The molecular weight excluding hydrogens is 348 g/mol. The van der Waals surface area contributed by atoms with Gasteiger partial charge in [0.05, 0.1) is 17.1 Å². The third-order valence-electron chi connectivity index (χ3n) is 3.99. The second-order valence-electron chi connectivity index (χ2n) is 5.97. The van der Waals surface area contributed by atoms with Gasteiger partial charge < -0.3 is 16.1 Å². The Morgan fingerprint density at radius 3 is 2.73 bits per heavy atom. The number of nitrogens with zero attached hydrogens (tertiary/aromatic N) is 3. The number of anilines is 1. The Bertz CT molecular complexity index is 812. The third kappa shape index (κ3) is 4.59. The lowest BCUT2D eigenvalue weighted by molar-refractivity contribution is 0.0949. The van der Waals surface area contributed by atoms with Crippen LogP contribution in [0.15, 0.2) is 23.2 Å². The lowest BCUT2D eigenvalue weighted by atomic mass is 10.1. The first-order valence-corrected chi connectivity index (χ1v) is 9.42. The topological polar surface area (TPSA) is 110 Å². The predicted molar refractivity (Wildman–Crippen MR) is 107 cm³/mol. The summed E-state index contributed by atoms with van der Waals surface area (Å²) in [5, 5.41) is 6.41. The minimum Gasteiger partial charge on any atom is -0.368 e. The first-order valence-electron chi connectivity index (χ1n) is 8.54. The molecule has 140 valence electrons. The zero-order valence-corrected chi connectivity index (χ0v) is 16.5. The zero-order chi connectivity index (χ0) is 19.3. The molecule has 5 N–H and O–H groups in total. The molecule has 0 bridgehead atoms. The summed E-state index contributed by atoms with van der Waals surface area (Å²) in [4.78, 5) is 22.0. The molecule has 0 atom stereocenters. The number of aromatic nitrogens is 2. The highest BCUT2D eigenvalue weighted by molar-refractivity contribution is 7.13. The van der Waals surface area contributed by atoms with Crippen LogP contribution in [0.3, 0.4) is 0 Å². The van der Waals surface area contributed by atoms with E-state index in [4.69, 9.17) is 11.6 Å². The van der Waals surface area contributed by atoms with Crippen molar-refractivity contribution in [1.29, 1.82) is 0 Å². The van der Waals surface area contributed by atoms with E-state index in [1.54, 1.807) is 24.5 Å². The Labute approximate surface area is 158 Å². The maximum absolute atomic E-state index is 12.5. The number of nitrogens with one attached hydrogen (secondary N) is 1. The number of amides is 1. The number of likely N-dealkylation sites (N-methyl/N-ethyl adjacent to an activating group) is 1. The molecule has 2 heterocycles. The van der Waals surface area contributed by atoms with Crippen LogP contribution in [0.5, 0.6) is 0 Å². The monoisotopic (exact) mass is 374 g/mol. The molecule has 0 radical (unpaired) electrons. The highest BCUT2D eigenvalue weighted by atomic mass is 32.1. The fraction of sp³-hybridized carbons (Fsp3) is 0.389. The summed E-state index contributed by atoms with van der Waals surface area (Å²) in [7, 11) is 1.74. The SMILES string of the molecule is CC/C=C(/CNC(=O)c1cc(-c2scc(C)c2CC)nc(N)n1)N(C)N. The standard InChI is InChI=1S/C18H26N6OS/c1-5-7-12(24(4)20)9-21-17(25)15-8-14(22-18(19)23-15)16-13(6-2)11(3)10-26-16/h7-8,10H,5-6,9,20H2,1-4H3,(H,21,25)(H2,19,22,23)/b12-7-.